The average Bonchev–Trinajstić information content (AvgIpc) is 3.20. The number of benzene rings is 1. The summed E-state index contributed by atoms with van der Waals surface area (Å²) in [6.45, 7) is 0.247. The first kappa shape index (κ1) is 17.5. The molecule has 1 atom stereocenters. The molecule has 5 nitrogen and oxygen atoms in total. The van der Waals surface area contributed by atoms with E-state index in [1.54, 1.807) is 11.2 Å². The Labute approximate surface area is 148 Å². The molecule has 3 rings (SSSR count). The summed E-state index contributed by atoms with van der Waals surface area (Å²) in [7, 11) is 1.85. The first-order valence-corrected chi connectivity index (χ1v) is 8.91. The molecule has 0 radical (unpaired) electrons. The van der Waals surface area contributed by atoms with Crippen LogP contribution in [0.3, 0.4) is 0 Å². The van der Waals surface area contributed by atoms with E-state index in [9.17, 15) is 9.90 Å². The molecule has 0 spiro atoms. The molecule has 2 aromatic rings. The number of furan rings is 1. The third kappa shape index (κ3) is 4.23. The lowest BCUT2D eigenvalue weighted by Gasteiger charge is -2.35. The Morgan fingerprint density at radius 2 is 1.92 bits per heavy atom. The van der Waals surface area contributed by atoms with Crippen LogP contribution in [0, 0.1) is 5.92 Å². The monoisotopic (exact) mass is 342 g/mol. The molecule has 5 heteroatoms. The minimum atomic E-state index is -0.306. The lowest BCUT2D eigenvalue weighted by Crippen LogP contribution is -2.46. The van der Waals surface area contributed by atoms with Crippen LogP contribution in [0.2, 0.25) is 0 Å². The quantitative estimate of drug-likeness (QED) is 0.873. The summed E-state index contributed by atoms with van der Waals surface area (Å²) < 4.78 is 5.54. The van der Waals surface area contributed by atoms with Crippen LogP contribution in [-0.4, -0.2) is 35.7 Å². The Morgan fingerprint density at radius 3 is 2.52 bits per heavy atom. The van der Waals surface area contributed by atoms with Crippen molar-refractivity contribution in [1.29, 1.82) is 0 Å². The van der Waals surface area contributed by atoms with Gasteiger partial charge in [-0.3, -0.25) is 0 Å². The number of carbonyl (C=O) groups is 1. The Kier molecular flexibility index (Phi) is 5.76. The first-order valence-electron chi connectivity index (χ1n) is 8.91. The van der Waals surface area contributed by atoms with Crippen molar-refractivity contribution in [3.63, 3.8) is 0 Å². The van der Waals surface area contributed by atoms with E-state index >= 15 is 0 Å². The summed E-state index contributed by atoms with van der Waals surface area (Å²) in [5.41, 5.74) is 0.989. The number of carbonyl (C=O) groups excluding carboxylic acids is 1. The number of nitrogens with one attached hydrogen (secondary N) is 1. The number of amides is 2. The van der Waals surface area contributed by atoms with Crippen LogP contribution in [-0.2, 0) is 0 Å². The minimum Gasteiger partial charge on any atom is -0.467 e. The van der Waals surface area contributed by atoms with E-state index in [0.717, 1.165) is 37.0 Å². The highest BCUT2D eigenvalue weighted by molar-refractivity contribution is 5.75. The van der Waals surface area contributed by atoms with E-state index in [-0.39, 0.29) is 24.7 Å². The van der Waals surface area contributed by atoms with Crippen LogP contribution in [0.1, 0.15) is 43.0 Å². The molecule has 0 aliphatic heterocycles. The predicted molar refractivity (Wildman–Crippen MR) is 96.1 cm³/mol. The number of aliphatic hydroxyl groups excluding tert-OH is 1. The fraction of sp³-hybridized carbons (Fsp3) is 0.450. The van der Waals surface area contributed by atoms with Crippen molar-refractivity contribution < 1.29 is 14.3 Å². The van der Waals surface area contributed by atoms with Gasteiger partial charge in [0.25, 0.3) is 0 Å². The predicted octanol–water partition coefficient (Wildman–Crippen LogP) is 3.56. The van der Waals surface area contributed by atoms with E-state index in [2.05, 4.69) is 5.32 Å². The Bertz CT molecular complexity index is 649. The molecule has 1 saturated carbocycles. The van der Waals surface area contributed by atoms with Crippen LogP contribution in [0.5, 0.6) is 0 Å². The third-order valence-corrected chi connectivity index (χ3v) is 5.17. The second-order valence-electron chi connectivity index (χ2n) is 6.78. The maximum atomic E-state index is 12.8. The normalized spacial score (nSPS) is 21.5. The molecule has 0 bridgehead atoms. The van der Waals surface area contributed by atoms with E-state index in [1.165, 1.54) is 0 Å². The van der Waals surface area contributed by atoms with Crippen molar-refractivity contribution in [2.45, 2.75) is 37.8 Å². The Hall–Kier alpha value is -2.27. The molecule has 1 unspecified atom stereocenters. The van der Waals surface area contributed by atoms with Gasteiger partial charge >= 0.3 is 6.03 Å². The van der Waals surface area contributed by atoms with Crippen LogP contribution in [0.25, 0.3) is 0 Å². The van der Waals surface area contributed by atoms with Gasteiger partial charge in [-0.05, 0) is 49.3 Å². The largest absolute Gasteiger partial charge is 0.467 e. The third-order valence-electron chi connectivity index (χ3n) is 5.17. The highest BCUT2D eigenvalue weighted by Gasteiger charge is 2.28. The van der Waals surface area contributed by atoms with Crippen molar-refractivity contribution in [1.82, 2.24) is 10.2 Å². The molecule has 1 aromatic carbocycles. The van der Waals surface area contributed by atoms with Crippen LogP contribution in [0.15, 0.2) is 53.1 Å². The molecule has 134 valence electrons. The van der Waals surface area contributed by atoms with Gasteiger partial charge in [0, 0.05) is 19.7 Å². The van der Waals surface area contributed by atoms with Gasteiger partial charge in [-0.1, -0.05) is 30.3 Å². The lowest BCUT2D eigenvalue weighted by atomic mass is 9.86. The lowest BCUT2D eigenvalue weighted by molar-refractivity contribution is 0.133. The summed E-state index contributed by atoms with van der Waals surface area (Å²) in [4.78, 5) is 14.6. The van der Waals surface area contributed by atoms with Gasteiger partial charge in [0.15, 0.2) is 0 Å². The zero-order valence-corrected chi connectivity index (χ0v) is 14.6. The summed E-state index contributed by atoms with van der Waals surface area (Å²) in [5, 5.41) is 12.4. The van der Waals surface area contributed by atoms with E-state index in [1.807, 2.05) is 49.5 Å². The smallest absolute Gasteiger partial charge is 0.318 e. The summed E-state index contributed by atoms with van der Waals surface area (Å²) in [6, 6.07) is 13.4. The molecular formula is C20H26N2O3. The molecular weight excluding hydrogens is 316 g/mol. The van der Waals surface area contributed by atoms with Crippen molar-refractivity contribution in [3.05, 3.63) is 60.1 Å². The zero-order chi connectivity index (χ0) is 17.6. The van der Waals surface area contributed by atoms with E-state index in [4.69, 9.17) is 4.42 Å². The summed E-state index contributed by atoms with van der Waals surface area (Å²) in [6.07, 6.45) is 5.44. The molecule has 1 heterocycles. The molecule has 2 N–H and O–H groups in total. The fourth-order valence-corrected chi connectivity index (χ4v) is 3.53. The van der Waals surface area contributed by atoms with Crippen molar-refractivity contribution in [2.24, 2.45) is 5.92 Å². The molecule has 1 aliphatic carbocycles. The highest BCUT2D eigenvalue weighted by atomic mass is 16.3. The summed E-state index contributed by atoms with van der Waals surface area (Å²) >= 11 is 0. The topological polar surface area (TPSA) is 65.7 Å². The maximum Gasteiger partial charge on any atom is 0.318 e. The average molecular weight is 342 g/mol. The Balaban J connectivity index is 1.68. The van der Waals surface area contributed by atoms with Crippen LogP contribution < -0.4 is 5.32 Å². The zero-order valence-electron chi connectivity index (χ0n) is 14.6. The number of nitrogens with zero attached hydrogens (tertiary/aromatic N) is 1. The fourth-order valence-electron chi connectivity index (χ4n) is 3.53. The standard InChI is InChI=1S/C20H26N2O3/c1-22(17-11-9-15(14-23)10-12-17)20(24)21-19(18-8-5-13-25-18)16-6-3-2-4-7-16/h2-8,13,15,17,19,23H,9-12,14H2,1H3,(H,21,24). The van der Waals surface area contributed by atoms with E-state index in [0.29, 0.717) is 5.92 Å². The maximum absolute atomic E-state index is 12.8. The van der Waals surface area contributed by atoms with Gasteiger partial charge in [0.05, 0.1) is 6.26 Å². The number of aliphatic hydroxyl groups is 1. The van der Waals surface area contributed by atoms with Gasteiger partial charge in [0.2, 0.25) is 0 Å². The van der Waals surface area contributed by atoms with Gasteiger partial charge in [-0.2, -0.15) is 0 Å². The number of hydrogen-bond acceptors (Lipinski definition) is 3. The first-order chi connectivity index (χ1) is 12.2. The minimum absolute atomic E-state index is 0.0994. The van der Waals surface area contributed by atoms with Crippen molar-refractivity contribution >= 4 is 6.03 Å². The highest BCUT2D eigenvalue weighted by Crippen LogP contribution is 2.28. The molecule has 1 fully saturated rings. The summed E-state index contributed by atoms with van der Waals surface area (Å²) in [5.74, 6) is 1.10. The molecule has 2 amide bonds. The van der Waals surface area contributed by atoms with Crippen molar-refractivity contribution in [2.75, 3.05) is 13.7 Å². The Morgan fingerprint density at radius 1 is 1.20 bits per heavy atom. The second kappa shape index (κ2) is 8.21. The molecule has 25 heavy (non-hydrogen) atoms. The van der Waals surface area contributed by atoms with Crippen molar-refractivity contribution in [3.8, 4) is 0 Å². The number of urea groups is 1. The van der Waals surface area contributed by atoms with Gasteiger partial charge in [-0.25, -0.2) is 4.79 Å². The van der Waals surface area contributed by atoms with Crippen LogP contribution >= 0.6 is 0 Å². The van der Waals surface area contributed by atoms with E-state index < -0.39 is 0 Å². The second-order valence-corrected chi connectivity index (χ2v) is 6.78. The van der Waals surface area contributed by atoms with Gasteiger partial charge in [-0.15, -0.1) is 0 Å². The number of hydrogen-bond donors (Lipinski definition) is 2. The molecule has 0 saturated heterocycles. The molecule has 1 aromatic heterocycles. The SMILES string of the molecule is CN(C(=O)NC(c1ccccc1)c1ccco1)C1CCC(CO)CC1. The molecule has 1 aliphatic rings. The van der Waals surface area contributed by atoms with Gasteiger partial charge < -0.3 is 19.7 Å². The number of rotatable bonds is 5. The van der Waals surface area contributed by atoms with Crippen LogP contribution in [0.4, 0.5) is 4.79 Å². The van der Waals surface area contributed by atoms with Gasteiger partial charge in [0.1, 0.15) is 11.8 Å².